The van der Waals surface area contributed by atoms with Gasteiger partial charge in [0.15, 0.2) is 0 Å². The highest BCUT2D eigenvalue weighted by Crippen LogP contribution is 2.31. The molecule has 7 nitrogen and oxygen atoms in total. The second-order valence-corrected chi connectivity index (χ2v) is 10.0. The van der Waals surface area contributed by atoms with Crippen LogP contribution < -0.4 is 10.1 Å². The van der Waals surface area contributed by atoms with E-state index < -0.39 is 5.82 Å². The number of rotatable bonds is 6. The summed E-state index contributed by atoms with van der Waals surface area (Å²) < 4.78 is 20.6. The number of anilines is 1. The Morgan fingerprint density at radius 2 is 1.86 bits per heavy atom. The molecular weight excluding hydrogens is 459 g/mol. The molecule has 0 atom stereocenters. The van der Waals surface area contributed by atoms with Crippen molar-refractivity contribution in [2.24, 2.45) is 0 Å². The lowest BCUT2D eigenvalue weighted by atomic mass is 10.00. The molecule has 5 rings (SSSR count). The molecule has 1 saturated heterocycles. The molecule has 0 aliphatic carbocycles. The van der Waals surface area contributed by atoms with Crippen molar-refractivity contribution in [3.05, 3.63) is 58.9 Å². The van der Waals surface area contributed by atoms with Crippen LogP contribution in [0.2, 0.25) is 0 Å². The van der Waals surface area contributed by atoms with Gasteiger partial charge in [-0.15, -0.1) is 0 Å². The summed E-state index contributed by atoms with van der Waals surface area (Å²) in [6.45, 7) is 7.28. The summed E-state index contributed by atoms with van der Waals surface area (Å²) in [7, 11) is 0. The van der Waals surface area contributed by atoms with Crippen LogP contribution >= 0.6 is 0 Å². The van der Waals surface area contributed by atoms with Gasteiger partial charge in [0.05, 0.1) is 17.8 Å². The number of nitrogens with zero attached hydrogens (tertiary/aromatic N) is 3. The maximum absolute atomic E-state index is 14.9. The molecule has 36 heavy (non-hydrogen) atoms. The van der Waals surface area contributed by atoms with Gasteiger partial charge in [-0.3, -0.25) is 14.5 Å². The van der Waals surface area contributed by atoms with Crippen LogP contribution in [-0.2, 0) is 17.8 Å². The van der Waals surface area contributed by atoms with Gasteiger partial charge >= 0.3 is 0 Å². The molecule has 2 aromatic carbocycles. The predicted molar refractivity (Wildman–Crippen MR) is 137 cm³/mol. The Labute approximate surface area is 212 Å². The Morgan fingerprint density at radius 3 is 2.64 bits per heavy atom. The van der Waals surface area contributed by atoms with Crippen molar-refractivity contribution in [3.8, 4) is 5.75 Å². The Bertz CT molecular complexity index is 1120. The number of carbonyl (C=O) groups excluding carboxylic acids is 2. The van der Waals surface area contributed by atoms with Crippen LogP contribution in [0.1, 0.15) is 47.7 Å². The third-order valence-corrected chi connectivity index (χ3v) is 7.62. The van der Waals surface area contributed by atoms with E-state index in [1.807, 2.05) is 9.80 Å². The van der Waals surface area contributed by atoms with Crippen molar-refractivity contribution >= 4 is 17.5 Å². The van der Waals surface area contributed by atoms with Gasteiger partial charge in [-0.2, -0.15) is 0 Å². The molecule has 3 heterocycles. The summed E-state index contributed by atoms with van der Waals surface area (Å²) in [4.78, 5) is 31.1. The van der Waals surface area contributed by atoms with E-state index in [9.17, 15) is 14.0 Å². The SMILES string of the molecule is CC(=O)N1CCC(Nc2cc3c(cc2F)OCCN(CCCN2CCc4ccccc4C2)C3=O)CC1. The fourth-order valence-electron chi connectivity index (χ4n) is 5.49. The number of hydrogen-bond acceptors (Lipinski definition) is 5. The van der Waals surface area contributed by atoms with Gasteiger partial charge < -0.3 is 19.9 Å². The number of halogens is 1. The molecule has 1 N–H and O–H groups in total. The van der Waals surface area contributed by atoms with Crippen LogP contribution in [0, 0.1) is 5.82 Å². The fourth-order valence-corrected chi connectivity index (χ4v) is 5.49. The molecule has 8 heteroatoms. The van der Waals surface area contributed by atoms with E-state index in [2.05, 4.69) is 34.5 Å². The van der Waals surface area contributed by atoms with Gasteiger partial charge in [-0.05, 0) is 42.9 Å². The Balaban J connectivity index is 1.19. The smallest absolute Gasteiger partial charge is 0.257 e. The highest BCUT2D eigenvalue weighted by atomic mass is 19.1. The molecule has 0 bridgehead atoms. The topological polar surface area (TPSA) is 65.1 Å². The minimum Gasteiger partial charge on any atom is -0.491 e. The number of ether oxygens (including phenoxy) is 1. The molecule has 3 aliphatic heterocycles. The molecule has 0 unspecified atom stereocenters. The van der Waals surface area contributed by atoms with E-state index in [1.54, 1.807) is 13.0 Å². The summed E-state index contributed by atoms with van der Waals surface area (Å²) in [6, 6.07) is 11.6. The zero-order valence-corrected chi connectivity index (χ0v) is 21.0. The lowest BCUT2D eigenvalue weighted by Gasteiger charge is -2.32. The normalized spacial score (nSPS) is 18.8. The summed E-state index contributed by atoms with van der Waals surface area (Å²) >= 11 is 0. The van der Waals surface area contributed by atoms with Crippen LogP contribution in [0.15, 0.2) is 36.4 Å². The monoisotopic (exact) mass is 494 g/mol. The summed E-state index contributed by atoms with van der Waals surface area (Å²) in [5, 5.41) is 3.26. The molecule has 192 valence electrons. The van der Waals surface area contributed by atoms with Crippen molar-refractivity contribution in [2.45, 2.75) is 45.2 Å². The lowest BCUT2D eigenvalue weighted by molar-refractivity contribution is -0.129. The van der Waals surface area contributed by atoms with Gasteiger partial charge in [0.25, 0.3) is 5.91 Å². The second kappa shape index (κ2) is 10.9. The zero-order valence-electron chi connectivity index (χ0n) is 21.0. The first-order chi connectivity index (χ1) is 17.5. The van der Waals surface area contributed by atoms with Gasteiger partial charge in [-0.1, -0.05) is 24.3 Å². The van der Waals surface area contributed by atoms with Gasteiger partial charge in [-0.25, -0.2) is 4.39 Å². The molecule has 0 spiro atoms. The van der Waals surface area contributed by atoms with E-state index in [4.69, 9.17) is 4.74 Å². The number of benzene rings is 2. The number of amides is 2. The van der Waals surface area contributed by atoms with Crippen LogP contribution in [-0.4, -0.2) is 78.4 Å². The number of likely N-dealkylation sites (tertiary alicyclic amines) is 1. The fraction of sp³-hybridized carbons (Fsp3) is 0.500. The number of piperidine rings is 1. The Morgan fingerprint density at radius 1 is 1.08 bits per heavy atom. The third-order valence-electron chi connectivity index (χ3n) is 7.62. The van der Waals surface area contributed by atoms with Crippen LogP contribution in [0.4, 0.5) is 10.1 Å². The molecule has 2 amide bonds. The third kappa shape index (κ3) is 5.48. The van der Waals surface area contributed by atoms with E-state index >= 15 is 0 Å². The van der Waals surface area contributed by atoms with Crippen LogP contribution in [0.5, 0.6) is 5.75 Å². The molecular formula is C28H35FN4O3. The maximum atomic E-state index is 14.9. The van der Waals surface area contributed by atoms with Crippen LogP contribution in [0.25, 0.3) is 0 Å². The molecule has 2 aromatic rings. The van der Waals surface area contributed by atoms with E-state index in [-0.39, 0.29) is 17.9 Å². The lowest BCUT2D eigenvalue weighted by Crippen LogP contribution is -2.41. The quantitative estimate of drug-likeness (QED) is 0.666. The average Bonchev–Trinajstić information content (AvgIpc) is 3.03. The zero-order chi connectivity index (χ0) is 25.1. The minimum absolute atomic E-state index is 0.0562. The number of hydrogen-bond donors (Lipinski definition) is 1. The average molecular weight is 495 g/mol. The number of fused-ring (bicyclic) bond motifs is 2. The molecule has 1 fully saturated rings. The van der Waals surface area contributed by atoms with Crippen molar-refractivity contribution in [1.29, 1.82) is 0 Å². The van der Waals surface area contributed by atoms with Crippen molar-refractivity contribution in [2.75, 3.05) is 51.2 Å². The summed E-state index contributed by atoms with van der Waals surface area (Å²) in [5.74, 6) is -0.155. The maximum Gasteiger partial charge on any atom is 0.257 e. The largest absolute Gasteiger partial charge is 0.491 e. The van der Waals surface area contributed by atoms with Crippen molar-refractivity contribution < 1.29 is 18.7 Å². The van der Waals surface area contributed by atoms with Crippen molar-refractivity contribution in [1.82, 2.24) is 14.7 Å². The number of nitrogens with one attached hydrogen (secondary N) is 1. The predicted octanol–water partition coefficient (Wildman–Crippen LogP) is 3.53. The highest BCUT2D eigenvalue weighted by molar-refractivity contribution is 5.98. The van der Waals surface area contributed by atoms with Crippen LogP contribution in [0.3, 0.4) is 0 Å². The first-order valence-electron chi connectivity index (χ1n) is 13.0. The summed E-state index contributed by atoms with van der Waals surface area (Å²) in [5.41, 5.74) is 3.56. The van der Waals surface area contributed by atoms with E-state index in [0.717, 1.165) is 45.3 Å². The van der Waals surface area contributed by atoms with Gasteiger partial charge in [0, 0.05) is 58.3 Å². The van der Waals surface area contributed by atoms with Crippen molar-refractivity contribution in [3.63, 3.8) is 0 Å². The Hall–Kier alpha value is -3.13. The summed E-state index contributed by atoms with van der Waals surface area (Å²) in [6.07, 6.45) is 3.43. The Kier molecular flexibility index (Phi) is 7.41. The molecule has 0 saturated carbocycles. The first kappa shape index (κ1) is 24.6. The first-order valence-corrected chi connectivity index (χ1v) is 13.0. The molecule has 3 aliphatic rings. The second-order valence-electron chi connectivity index (χ2n) is 10.0. The molecule has 0 radical (unpaired) electrons. The van der Waals surface area contributed by atoms with Gasteiger partial charge in [0.1, 0.15) is 18.2 Å². The standard InChI is InChI=1S/C28H35FN4O3/c1-20(34)32-13-8-23(9-14-32)30-26-17-24-27(18-25(26)29)36-16-15-33(28(24)35)11-4-10-31-12-7-21-5-2-3-6-22(21)19-31/h2-3,5-6,17-18,23,30H,4,7-16,19H2,1H3. The van der Waals surface area contributed by atoms with Gasteiger partial charge in [0.2, 0.25) is 5.91 Å². The van der Waals surface area contributed by atoms with E-state index in [0.29, 0.717) is 49.8 Å². The number of carbonyl (C=O) groups is 2. The van der Waals surface area contributed by atoms with E-state index in [1.165, 1.54) is 17.2 Å². The highest BCUT2D eigenvalue weighted by Gasteiger charge is 2.27. The molecule has 0 aromatic heterocycles. The minimum atomic E-state index is -0.422.